The van der Waals surface area contributed by atoms with Crippen LogP contribution in [0, 0.1) is 5.82 Å². The summed E-state index contributed by atoms with van der Waals surface area (Å²) in [5.41, 5.74) is 1.63. The Morgan fingerprint density at radius 1 is 1.33 bits per heavy atom. The minimum absolute atomic E-state index is 0.255. The second kappa shape index (κ2) is 6.11. The van der Waals surface area contributed by atoms with Crippen molar-refractivity contribution in [3.05, 3.63) is 54.3 Å². The van der Waals surface area contributed by atoms with Gasteiger partial charge in [-0.05, 0) is 17.3 Å². The zero-order chi connectivity index (χ0) is 16.4. The summed E-state index contributed by atoms with van der Waals surface area (Å²) in [6.07, 6.45) is 4.74. The molecule has 8 nitrogen and oxygen atoms in total. The minimum atomic E-state index is -0.414. The molecule has 1 atom stereocenters. The number of rotatable bonds is 5. The fourth-order valence-corrected chi connectivity index (χ4v) is 2.35. The van der Waals surface area contributed by atoms with Gasteiger partial charge in [-0.25, -0.2) is 9.07 Å². The summed E-state index contributed by atoms with van der Waals surface area (Å²) in [5.74, 6) is -0.0294. The summed E-state index contributed by atoms with van der Waals surface area (Å²) in [6, 6.07) is 6.40. The van der Waals surface area contributed by atoms with Crippen LogP contribution < -0.4 is 4.74 Å². The normalized spacial score (nSPS) is 16.7. The van der Waals surface area contributed by atoms with Crippen molar-refractivity contribution >= 4 is 5.71 Å². The third kappa shape index (κ3) is 2.83. The minimum Gasteiger partial charge on any atom is -0.471 e. The molecule has 0 saturated heterocycles. The molecule has 0 fully saturated rings. The summed E-state index contributed by atoms with van der Waals surface area (Å²) in [6.45, 7) is 0.277. The molecule has 9 heteroatoms. The quantitative estimate of drug-likeness (QED) is 0.711. The lowest BCUT2D eigenvalue weighted by atomic mass is 10.0. The average Bonchev–Trinajstić information content (AvgIpc) is 3.34. The van der Waals surface area contributed by atoms with Crippen LogP contribution in [0.1, 0.15) is 12.0 Å². The van der Waals surface area contributed by atoms with Gasteiger partial charge in [-0.2, -0.15) is 0 Å². The lowest BCUT2D eigenvalue weighted by Gasteiger charge is -2.08. The van der Waals surface area contributed by atoms with E-state index in [1.54, 1.807) is 24.4 Å². The van der Waals surface area contributed by atoms with Gasteiger partial charge in [0.25, 0.3) is 5.88 Å². The number of ether oxygens (including phenoxy) is 1. The van der Waals surface area contributed by atoms with Crippen molar-refractivity contribution in [2.45, 2.75) is 12.5 Å². The predicted octanol–water partition coefficient (Wildman–Crippen LogP) is 1.97. The molecule has 4 rings (SSSR count). The highest BCUT2D eigenvalue weighted by Gasteiger charge is 2.24. The Balaban J connectivity index is 1.42. The van der Waals surface area contributed by atoms with Crippen molar-refractivity contribution < 1.29 is 18.5 Å². The highest BCUT2D eigenvalue weighted by molar-refractivity contribution is 6.01. The van der Waals surface area contributed by atoms with E-state index in [0.29, 0.717) is 29.3 Å². The Kier molecular flexibility index (Phi) is 3.66. The first-order chi connectivity index (χ1) is 11.8. The van der Waals surface area contributed by atoms with Gasteiger partial charge in [0.05, 0.1) is 18.1 Å². The number of hydrogen-bond acceptors (Lipinski definition) is 7. The zero-order valence-corrected chi connectivity index (χ0v) is 12.4. The topological polar surface area (TPSA) is 87.6 Å². The van der Waals surface area contributed by atoms with Crippen molar-refractivity contribution in [3.8, 4) is 11.6 Å². The van der Waals surface area contributed by atoms with Crippen molar-refractivity contribution in [1.29, 1.82) is 0 Å². The van der Waals surface area contributed by atoms with Gasteiger partial charge in [0.15, 0.2) is 6.10 Å². The Bertz CT molecular complexity index is 848. The number of hydrogen-bond donors (Lipinski definition) is 0. The number of aromatic nitrogens is 4. The van der Waals surface area contributed by atoms with Gasteiger partial charge in [-0.15, -0.1) is 5.10 Å². The molecule has 0 aliphatic carbocycles. The van der Waals surface area contributed by atoms with E-state index in [-0.39, 0.29) is 12.7 Å². The molecule has 0 unspecified atom stereocenters. The molecule has 0 spiro atoms. The standard InChI is InChI=1S/C15H12FN5O3/c16-12-7-10(1-2-14(12)21-5-4-17-20-21)13-8-11(24-18-13)9-22-15-3-6-23-19-15/h1-7,11H,8-9H2/t11-/m0/s1. The molecule has 0 radical (unpaired) electrons. The third-order valence-corrected chi connectivity index (χ3v) is 3.51. The first-order valence-corrected chi connectivity index (χ1v) is 7.22. The van der Waals surface area contributed by atoms with E-state index < -0.39 is 5.82 Å². The predicted molar refractivity (Wildman–Crippen MR) is 79.3 cm³/mol. The van der Waals surface area contributed by atoms with Gasteiger partial charge in [0.2, 0.25) is 0 Å². The molecule has 0 N–H and O–H groups in total. The van der Waals surface area contributed by atoms with Crippen LogP contribution in [0.3, 0.4) is 0 Å². The molecule has 3 aromatic rings. The van der Waals surface area contributed by atoms with Gasteiger partial charge >= 0.3 is 0 Å². The molecule has 1 aliphatic heterocycles. The molecular formula is C15H12FN5O3. The number of oxime groups is 1. The van der Waals surface area contributed by atoms with E-state index in [9.17, 15) is 4.39 Å². The SMILES string of the molecule is Fc1cc(C2=NO[C@H](COc3ccon3)C2)ccc1-n1ccnn1. The Morgan fingerprint density at radius 3 is 3.04 bits per heavy atom. The van der Waals surface area contributed by atoms with Crippen LogP contribution in [0.4, 0.5) is 4.39 Å². The third-order valence-electron chi connectivity index (χ3n) is 3.51. The van der Waals surface area contributed by atoms with Crippen LogP contribution in [0.2, 0.25) is 0 Å². The monoisotopic (exact) mass is 329 g/mol. The lowest BCUT2D eigenvalue weighted by molar-refractivity contribution is 0.0446. The summed E-state index contributed by atoms with van der Waals surface area (Å²) < 4.78 is 25.7. The van der Waals surface area contributed by atoms with E-state index in [1.165, 1.54) is 23.2 Å². The van der Waals surface area contributed by atoms with Crippen molar-refractivity contribution in [3.63, 3.8) is 0 Å². The second-order valence-corrected chi connectivity index (χ2v) is 5.13. The van der Waals surface area contributed by atoms with Crippen molar-refractivity contribution in [1.82, 2.24) is 20.2 Å². The van der Waals surface area contributed by atoms with Crippen molar-refractivity contribution in [2.24, 2.45) is 5.16 Å². The Hall–Kier alpha value is -3.23. The van der Waals surface area contributed by atoms with Gasteiger partial charge in [-0.3, -0.25) is 0 Å². The van der Waals surface area contributed by atoms with Gasteiger partial charge in [0.1, 0.15) is 24.4 Å². The van der Waals surface area contributed by atoms with E-state index in [0.717, 1.165) is 0 Å². The van der Waals surface area contributed by atoms with Gasteiger partial charge in [0, 0.05) is 18.1 Å². The Morgan fingerprint density at radius 2 is 2.29 bits per heavy atom. The summed E-state index contributed by atoms with van der Waals surface area (Å²) in [5, 5.41) is 15.1. The molecule has 3 heterocycles. The highest BCUT2D eigenvalue weighted by Crippen LogP contribution is 2.21. The summed E-state index contributed by atoms with van der Waals surface area (Å²) >= 11 is 0. The van der Waals surface area contributed by atoms with E-state index in [1.807, 2.05) is 0 Å². The van der Waals surface area contributed by atoms with E-state index in [2.05, 4.69) is 25.1 Å². The summed E-state index contributed by atoms with van der Waals surface area (Å²) in [7, 11) is 0. The fourth-order valence-electron chi connectivity index (χ4n) is 2.35. The lowest BCUT2D eigenvalue weighted by Crippen LogP contribution is -2.18. The maximum atomic E-state index is 14.3. The molecular weight excluding hydrogens is 317 g/mol. The second-order valence-electron chi connectivity index (χ2n) is 5.13. The zero-order valence-electron chi connectivity index (χ0n) is 12.4. The number of benzene rings is 1. The maximum absolute atomic E-state index is 14.3. The average molecular weight is 329 g/mol. The first-order valence-electron chi connectivity index (χ1n) is 7.22. The molecule has 2 aromatic heterocycles. The molecule has 122 valence electrons. The smallest absolute Gasteiger partial charge is 0.254 e. The van der Waals surface area contributed by atoms with Crippen LogP contribution in [0.25, 0.3) is 5.69 Å². The fraction of sp³-hybridized carbons (Fsp3) is 0.200. The number of nitrogens with zero attached hydrogens (tertiary/aromatic N) is 5. The molecule has 1 aromatic carbocycles. The molecule has 0 bridgehead atoms. The first kappa shape index (κ1) is 14.4. The molecule has 0 amide bonds. The van der Waals surface area contributed by atoms with Crippen LogP contribution >= 0.6 is 0 Å². The van der Waals surface area contributed by atoms with Crippen LogP contribution in [-0.2, 0) is 4.84 Å². The van der Waals surface area contributed by atoms with Crippen LogP contribution in [-0.4, -0.2) is 38.6 Å². The molecule has 0 saturated carbocycles. The van der Waals surface area contributed by atoms with Crippen LogP contribution in [0.15, 0.2) is 52.6 Å². The largest absolute Gasteiger partial charge is 0.471 e. The number of halogens is 1. The van der Waals surface area contributed by atoms with Crippen molar-refractivity contribution in [2.75, 3.05) is 6.61 Å². The van der Waals surface area contributed by atoms with Crippen LogP contribution in [0.5, 0.6) is 5.88 Å². The molecule has 1 aliphatic rings. The van der Waals surface area contributed by atoms with Gasteiger partial charge in [-0.1, -0.05) is 16.4 Å². The highest BCUT2D eigenvalue weighted by atomic mass is 19.1. The van der Waals surface area contributed by atoms with Gasteiger partial charge < -0.3 is 14.1 Å². The van der Waals surface area contributed by atoms with E-state index in [4.69, 9.17) is 9.57 Å². The molecule has 24 heavy (non-hydrogen) atoms. The van der Waals surface area contributed by atoms with E-state index >= 15 is 0 Å². The summed E-state index contributed by atoms with van der Waals surface area (Å²) in [4.78, 5) is 5.32. The maximum Gasteiger partial charge on any atom is 0.254 e. The Labute approximate surface area is 135 Å².